The first kappa shape index (κ1) is 29.3. The summed E-state index contributed by atoms with van der Waals surface area (Å²) in [6, 6.07) is 15.5. The van der Waals surface area contributed by atoms with Crippen molar-refractivity contribution in [1.82, 2.24) is 9.97 Å². The summed E-state index contributed by atoms with van der Waals surface area (Å²) < 4.78 is 49.4. The first-order valence-electron chi connectivity index (χ1n) is 13.3. The van der Waals surface area contributed by atoms with Gasteiger partial charge in [-0.2, -0.15) is 23.1 Å². The lowest BCUT2D eigenvalue weighted by atomic mass is 9.86. The average Bonchev–Trinajstić information content (AvgIpc) is 2.87. The van der Waals surface area contributed by atoms with Crippen LogP contribution in [-0.2, 0) is 5.41 Å². The molecule has 1 N–H and O–H groups in total. The van der Waals surface area contributed by atoms with Crippen LogP contribution in [0.1, 0.15) is 45.7 Å². The molecule has 0 radical (unpaired) electrons. The normalized spacial score (nSPS) is 15.7. The lowest BCUT2D eigenvalue weighted by Gasteiger charge is -2.48. The molecule has 7 nitrogen and oxygen atoms in total. The number of halogens is 3. The van der Waals surface area contributed by atoms with E-state index in [1.807, 2.05) is 48.2 Å². The van der Waals surface area contributed by atoms with Crippen LogP contribution in [-0.4, -0.2) is 55.0 Å². The molecule has 2 heterocycles. The Labute approximate surface area is 234 Å². The number of aromatic nitrogens is 2. The fraction of sp³-hybridized carbons (Fsp3) is 0.467. The summed E-state index contributed by atoms with van der Waals surface area (Å²) in [7, 11) is 1.63. The Morgan fingerprint density at radius 3 is 2.27 bits per heavy atom. The second-order valence-corrected chi connectivity index (χ2v) is 11.8. The van der Waals surface area contributed by atoms with Crippen molar-refractivity contribution < 1.29 is 22.6 Å². The van der Waals surface area contributed by atoms with Crippen LogP contribution in [0.15, 0.2) is 48.5 Å². The molecule has 4 rings (SSSR count). The van der Waals surface area contributed by atoms with E-state index in [0.717, 1.165) is 28.3 Å². The van der Waals surface area contributed by atoms with Crippen LogP contribution in [0.25, 0.3) is 0 Å². The molecule has 1 saturated heterocycles. The van der Waals surface area contributed by atoms with Gasteiger partial charge in [0.25, 0.3) is 0 Å². The standard InChI is InChI=1S/C30H38F3N5O2/c1-20-8-9-21(28(2,3)4)16-24(20)34-25-17-26(40-19-30(31,32)33)36-27(35-25)37-14-15-38(29(5,6)18-37)22-10-12-23(39-7)13-11-22/h8-13,16-17H,14-15,18-19H2,1-7H3,(H,34,35,36). The third-order valence-corrected chi connectivity index (χ3v) is 7.01. The number of alkyl halides is 3. The second-order valence-electron chi connectivity index (χ2n) is 11.8. The molecule has 0 aliphatic carbocycles. The maximum Gasteiger partial charge on any atom is 0.422 e. The van der Waals surface area contributed by atoms with Crippen LogP contribution < -0.4 is 24.6 Å². The van der Waals surface area contributed by atoms with Crippen molar-refractivity contribution in [2.75, 3.05) is 48.5 Å². The molecule has 10 heteroatoms. The van der Waals surface area contributed by atoms with Crippen LogP contribution in [0.4, 0.5) is 36.3 Å². The van der Waals surface area contributed by atoms with E-state index in [9.17, 15) is 13.2 Å². The van der Waals surface area contributed by atoms with Crippen LogP contribution in [0.5, 0.6) is 11.6 Å². The van der Waals surface area contributed by atoms with Crippen molar-refractivity contribution >= 4 is 23.1 Å². The lowest BCUT2D eigenvalue weighted by molar-refractivity contribution is -0.154. The summed E-state index contributed by atoms with van der Waals surface area (Å²) in [5.41, 5.74) is 3.61. The van der Waals surface area contributed by atoms with Crippen molar-refractivity contribution in [1.29, 1.82) is 0 Å². The summed E-state index contributed by atoms with van der Waals surface area (Å²) in [5, 5.41) is 3.31. The van der Waals surface area contributed by atoms with Gasteiger partial charge < -0.3 is 24.6 Å². The fourth-order valence-electron chi connectivity index (χ4n) is 4.78. The molecule has 2 aromatic carbocycles. The van der Waals surface area contributed by atoms with E-state index in [-0.39, 0.29) is 16.8 Å². The van der Waals surface area contributed by atoms with Gasteiger partial charge in [0.2, 0.25) is 11.8 Å². The predicted octanol–water partition coefficient (Wildman–Crippen LogP) is 6.88. The Morgan fingerprint density at radius 1 is 0.975 bits per heavy atom. The fourth-order valence-corrected chi connectivity index (χ4v) is 4.78. The zero-order chi connectivity index (χ0) is 29.3. The van der Waals surface area contributed by atoms with Gasteiger partial charge in [-0.3, -0.25) is 0 Å². The molecule has 40 heavy (non-hydrogen) atoms. The van der Waals surface area contributed by atoms with Gasteiger partial charge in [-0.15, -0.1) is 0 Å². The van der Waals surface area contributed by atoms with E-state index >= 15 is 0 Å². The van der Waals surface area contributed by atoms with E-state index in [1.54, 1.807) is 7.11 Å². The predicted molar refractivity (Wildman–Crippen MR) is 153 cm³/mol. The largest absolute Gasteiger partial charge is 0.497 e. The smallest absolute Gasteiger partial charge is 0.422 e. The highest BCUT2D eigenvalue weighted by atomic mass is 19.4. The average molecular weight is 558 g/mol. The maximum atomic E-state index is 13.0. The number of hydrogen-bond acceptors (Lipinski definition) is 7. The van der Waals surface area contributed by atoms with Crippen molar-refractivity contribution in [3.8, 4) is 11.6 Å². The molecule has 1 aromatic heterocycles. The maximum absolute atomic E-state index is 13.0. The summed E-state index contributed by atoms with van der Waals surface area (Å²) in [6.07, 6.45) is -4.48. The van der Waals surface area contributed by atoms with Crippen LogP contribution in [0, 0.1) is 6.92 Å². The molecule has 1 aliphatic heterocycles. The quantitative estimate of drug-likeness (QED) is 0.340. The summed E-state index contributed by atoms with van der Waals surface area (Å²) in [6.45, 7) is 13.0. The number of nitrogens with one attached hydrogen (secondary N) is 1. The number of benzene rings is 2. The monoisotopic (exact) mass is 557 g/mol. The summed E-state index contributed by atoms with van der Waals surface area (Å²) in [4.78, 5) is 13.4. The topological polar surface area (TPSA) is 62.8 Å². The third kappa shape index (κ3) is 7.08. The molecule has 0 spiro atoms. The van der Waals surface area contributed by atoms with Crippen molar-refractivity contribution in [2.24, 2.45) is 0 Å². The summed E-state index contributed by atoms with van der Waals surface area (Å²) >= 11 is 0. The van der Waals surface area contributed by atoms with Gasteiger partial charge in [0.1, 0.15) is 11.6 Å². The van der Waals surface area contributed by atoms with Gasteiger partial charge in [0.05, 0.1) is 12.6 Å². The number of ether oxygens (including phenoxy) is 2. The number of nitrogens with zero attached hydrogens (tertiary/aromatic N) is 4. The van der Waals surface area contributed by atoms with Crippen molar-refractivity contribution in [3.05, 3.63) is 59.7 Å². The SMILES string of the molecule is COc1ccc(N2CCN(c3nc(Nc4cc(C(C)(C)C)ccc4C)cc(OCC(F)(F)F)n3)CC2(C)C)cc1. The molecule has 0 unspecified atom stereocenters. The zero-order valence-corrected chi connectivity index (χ0v) is 24.2. The Bertz CT molecular complexity index is 1320. The van der Waals surface area contributed by atoms with Crippen molar-refractivity contribution in [3.63, 3.8) is 0 Å². The number of anilines is 4. The second kappa shape index (κ2) is 11.1. The molecular weight excluding hydrogens is 519 g/mol. The van der Waals surface area contributed by atoms with E-state index in [4.69, 9.17) is 14.5 Å². The van der Waals surface area contributed by atoms with Gasteiger partial charge in [-0.25, -0.2) is 0 Å². The van der Waals surface area contributed by atoms with Gasteiger partial charge >= 0.3 is 6.18 Å². The number of aryl methyl sites for hydroxylation is 1. The first-order valence-corrected chi connectivity index (χ1v) is 13.3. The number of methoxy groups -OCH3 is 1. The van der Waals surface area contributed by atoms with Crippen molar-refractivity contribution in [2.45, 2.75) is 58.7 Å². The molecule has 0 amide bonds. The number of hydrogen-bond donors (Lipinski definition) is 1. The molecule has 0 atom stereocenters. The van der Waals surface area contributed by atoms with Crippen LogP contribution >= 0.6 is 0 Å². The minimum absolute atomic E-state index is 0.0723. The van der Waals surface area contributed by atoms with Crippen LogP contribution in [0.2, 0.25) is 0 Å². The minimum Gasteiger partial charge on any atom is -0.497 e. The number of rotatable bonds is 7. The van der Waals surface area contributed by atoms with Gasteiger partial charge in [0, 0.05) is 37.1 Å². The Kier molecular flexibility index (Phi) is 8.10. The first-order chi connectivity index (χ1) is 18.6. The molecule has 0 saturated carbocycles. The summed E-state index contributed by atoms with van der Waals surface area (Å²) in [5.74, 6) is 1.33. The highest BCUT2D eigenvalue weighted by Crippen LogP contribution is 2.33. The number of piperazine rings is 1. The Morgan fingerprint density at radius 2 is 1.68 bits per heavy atom. The highest BCUT2D eigenvalue weighted by molar-refractivity contribution is 5.64. The molecule has 3 aromatic rings. The van der Waals surface area contributed by atoms with E-state index in [1.165, 1.54) is 6.07 Å². The zero-order valence-electron chi connectivity index (χ0n) is 24.2. The Hall–Kier alpha value is -3.69. The molecule has 216 valence electrons. The van der Waals surface area contributed by atoms with E-state index in [2.05, 4.69) is 55.9 Å². The van der Waals surface area contributed by atoms with Crippen LogP contribution in [0.3, 0.4) is 0 Å². The van der Waals surface area contributed by atoms with E-state index in [0.29, 0.717) is 31.4 Å². The van der Waals surface area contributed by atoms with Gasteiger partial charge in [0.15, 0.2) is 6.61 Å². The van der Waals surface area contributed by atoms with Gasteiger partial charge in [-0.05, 0) is 67.6 Å². The highest BCUT2D eigenvalue weighted by Gasteiger charge is 2.35. The Balaban J connectivity index is 1.63. The minimum atomic E-state index is -4.48. The van der Waals surface area contributed by atoms with E-state index < -0.39 is 12.8 Å². The van der Waals surface area contributed by atoms with Gasteiger partial charge in [-0.1, -0.05) is 32.9 Å². The molecule has 1 fully saturated rings. The third-order valence-electron chi connectivity index (χ3n) is 7.01. The molecule has 0 bridgehead atoms. The molecule has 1 aliphatic rings. The molecular formula is C30H38F3N5O2. The lowest BCUT2D eigenvalue weighted by Crippen LogP contribution is -2.60.